The van der Waals surface area contributed by atoms with Crippen LogP contribution in [-0.4, -0.2) is 6.04 Å². The molecule has 0 heterocycles. The molecule has 1 N–H and O–H groups in total. The first-order valence-electron chi connectivity index (χ1n) is 9.11. The van der Waals surface area contributed by atoms with Crippen LogP contribution in [0.4, 0.5) is 5.69 Å². The van der Waals surface area contributed by atoms with Crippen LogP contribution in [0.25, 0.3) is 0 Å². The van der Waals surface area contributed by atoms with Crippen LogP contribution < -0.4 is 5.32 Å². The summed E-state index contributed by atoms with van der Waals surface area (Å²) in [6.45, 7) is 4.79. The van der Waals surface area contributed by atoms with Gasteiger partial charge in [-0.2, -0.15) is 0 Å². The molecular formula is C20H31N. The van der Waals surface area contributed by atoms with E-state index < -0.39 is 0 Å². The molecule has 0 aromatic heterocycles. The molecule has 2 aliphatic rings. The molecule has 0 spiro atoms. The van der Waals surface area contributed by atoms with E-state index in [2.05, 4.69) is 37.4 Å². The number of rotatable bonds is 3. The summed E-state index contributed by atoms with van der Waals surface area (Å²) in [7, 11) is 0. The van der Waals surface area contributed by atoms with Crippen molar-refractivity contribution in [1.82, 2.24) is 0 Å². The Balaban J connectivity index is 1.67. The number of hydrogen-bond acceptors (Lipinski definition) is 1. The van der Waals surface area contributed by atoms with Crippen LogP contribution in [0.1, 0.15) is 69.9 Å². The molecule has 1 aromatic carbocycles. The molecule has 21 heavy (non-hydrogen) atoms. The molecule has 0 aliphatic heterocycles. The number of benzene rings is 1. The quantitative estimate of drug-likeness (QED) is 0.715. The van der Waals surface area contributed by atoms with Crippen LogP contribution in [0.5, 0.6) is 0 Å². The number of aryl methyl sites for hydroxylation is 1. The van der Waals surface area contributed by atoms with E-state index in [0.717, 1.165) is 11.8 Å². The van der Waals surface area contributed by atoms with Gasteiger partial charge in [-0.25, -0.2) is 0 Å². The lowest BCUT2D eigenvalue weighted by atomic mass is 9.89. The highest BCUT2D eigenvalue weighted by molar-refractivity contribution is 5.56. The fourth-order valence-electron chi connectivity index (χ4n) is 4.28. The zero-order valence-electron chi connectivity index (χ0n) is 13.8. The highest BCUT2D eigenvalue weighted by Gasteiger charge is 2.22. The predicted octanol–water partition coefficient (Wildman–Crippen LogP) is 5.58. The van der Waals surface area contributed by atoms with Gasteiger partial charge in [0, 0.05) is 11.7 Å². The van der Waals surface area contributed by atoms with Gasteiger partial charge in [0.1, 0.15) is 0 Å². The summed E-state index contributed by atoms with van der Waals surface area (Å²) >= 11 is 0. The van der Waals surface area contributed by atoms with Crippen molar-refractivity contribution in [1.29, 1.82) is 0 Å². The van der Waals surface area contributed by atoms with Gasteiger partial charge in [0.05, 0.1) is 0 Å². The Labute approximate surface area is 130 Å². The predicted molar refractivity (Wildman–Crippen MR) is 91.9 cm³/mol. The molecule has 1 saturated carbocycles. The summed E-state index contributed by atoms with van der Waals surface area (Å²) in [6, 6.07) is 7.60. The minimum Gasteiger partial charge on any atom is -0.382 e. The maximum atomic E-state index is 3.91. The van der Waals surface area contributed by atoms with Crippen molar-refractivity contribution >= 4 is 5.69 Å². The van der Waals surface area contributed by atoms with Crippen LogP contribution >= 0.6 is 0 Å². The maximum Gasteiger partial charge on any atom is 0.0377 e. The van der Waals surface area contributed by atoms with Gasteiger partial charge in [0.2, 0.25) is 0 Å². The van der Waals surface area contributed by atoms with Crippen LogP contribution in [-0.2, 0) is 12.8 Å². The monoisotopic (exact) mass is 285 g/mol. The molecule has 116 valence electrons. The molecule has 1 heteroatoms. The van der Waals surface area contributed by atoms with E-state index in [9.17, 15) is 0 Å². The lowest BCUT2D eigenvalue weighted by molar-refractivity contribution is 0.341. The van der Waals surface area contributed by atoms with Gasteiger partial charge < -0.3 is 5.32 Å². The Morgan fingerprint density at radius 2 is 1.81 bits per heavy atom. The molecule has 1 nitrogen and oxygen atoms in total. The van der Waals surface area contributed by atoms with E-state index in [1.165, 1.54) is 63.5 Å². The second-order valence-electron chi connectivity index (χ2n) is 7.50. The third-order valence-electron chi connectivity index (χ3n) is 5.71. The molecule has 0 bridgehead atoms. The number of fused-ring (bicyclic) bond motifs is 1. The Bertz CT molecular complexity index is 463. The van der Waals surface area contributed by atoms with Crippen molar-refractivity contribution in [2.24, 2.45) is 11.8 Å². The molecule has 3 rings (SSSR count). The van der Waals surface area contributed by atoms with Crippen molar-refractivity contribution in [2.75, 3.05) is 5.32 Å². The highest BCUT2D eigenvalue weighted by Crippen LogP contribution is 2.32. The molecule has 2 aliphatic carbocycles. The molecule has 0 radical (unpaired) electrons. The number of hydrogen-bond donors (Lipinski definition) is 1. The van der Waals surface area contributed by atoms with Crippen molar-refractivity contribution in [3.63, 3.8) is 0 Å². The first-order valence-corrected chi connectivity index (χ1v) is 9.11. The fraction of sp³-hybridized carbons (Fsp3) is 0.700. The van der Waals surface area contributed by atoms with E-state index in [0.29, 0.717) is 6.04 Å². The van der Waals surface area contributed by atoms with Crippen LogP contribution in [0.3, 0.4) is 0 Å². The van der Waals surface area contributed by atoms with Crippen molar-refractivity contribution < 1.29 is 0 Å². The van der Waals surface area contributed by atoms with Crippen LogP contribution in [0.2, 0.25) is 0 Å². The van der Waals surface area contributed by atoms with Crippen molar-refractivity contribution in [3.05, 3.63) is 29.3 Å². The molecular weight excluding hydrogens is 254 g/mol. The Hall–Kier alpha value is -0.980. The van der Waals surface area contributed by atoms with Gasteiger partial charge >= 0.3 is 0 Å². The number of anilines is 1. The topological polar surface area (TPSA) is 12.0 Å². The van der Waals surface area contributed by atoms with E-state index in [1.54, 1.807) is 11.1 Å². The zero-order valence-corrected chi connectivity index (χ0v) is 13.8. The molecule has 1 fully saturated rings. The first-order chi connectivity index (χ1) is 10.2. The smallest absolute Gasteiger partial charge is 0.0377 e. The summed E-state index contributed by atoms with van der Waals surface area (Å²) in [5.74, 6) is 1.80. The second-order valence-corrected chi connectivity index (χ2v) is 7.50. The van der Waals surface area contributed by atoms with Gasteiger partial charge in [0.15, 0.2) is 0 Å². The largest absolute Gasteiger partial charge is 0.382 e. The standard InChI is InChI=1S/C20H31N/c1-15(2)16-8-5-10-18(14-13-16)21-20-12-6-9-17-7-3-4-11-19(17)20/h6,9,12,15-16,18,21H,3-5,7-8,10-11,13-14H2,1-2H3. The second kappa shape index (κ2) is 6.85. The average Bonchev–Trinajstić information content (AvgIpc) is 2.73. The van der Waals surface area contributed by atoms with Gasteiger partial charge in [-0.1, -0.05) is 38.8 Å². The van der Waals surface area contributed by atoms with Gasteiger partial charge in [0.25, 0.3) is 0 Å². The van der Waals surface area contributed by atoms with E-state index >= 15 is 0 Å². The van der Waals surface area contributed by atoms with E-state index in [-0.39, 0.29) is 0 Å². The molecule has 0 saturated heterocycles. The lowest BCUT2D eigenvalue weighted by Crippen LogP contribution is -2.20. The normalized spacial score (nSPS) is 26.2. The Kier molecular flexibility index (Phi) is 4.87. The Morgan fingerprint density at radius 3 is 2.67 bits per heavy atom. The molecule has 2 atom stereocenters. The summed E-state index contributed by atoms with van der Waals surface area (Å²) in [4.78, 5) is 0. The van der Waals surface area contributed by atoms with Crippen LogP contribution in [0.15, 0.2) is 18.2 Å². The highest BCUT2D eigenvalue weighted by atomic mass is 14.9. The lowest BCUT2D eigenvalue weighted by Gasteiger charge is -2.24. The number of nitrogens with one attached hydrogen (secondary N) is 1. The first kappa shape index (κ1) is 14.9. The van der Waals surface area contributed by atoms with Gasteiger partial charge in [-0.05, 0) is 74.0 Å². The SMILES string of the molecule is CC(C)C1CCCC(Nc2cccc3c2CCCC3)CC1. The third kappa shape index (κ3) is 3.62. The third-order valence-corrected chi connectivity index (χ3v) is 5.71. The van der Waals surface area contributed by atoms with Crippen molar-refractivity contribution in [3.8, 4) is 0 Å². The average molecular weight is 285 g/mol. The molecule has 0 amide bonds. The minimum atomic E-state index is 0.696. The molecule has 2 unspecified atom stereocenters. The zero-order chi connectivity index (χ0) is 14.7. The van der Waals surface area contributed by atoms with E-state index in [4.69, 9.17) is 0 Å². The summed E-state index contributed by atoms with van der Waals surface area (Å²) in [5, 5.41) is 3.91. The maximum absolute atomic E-state index is 3.91. The summed E-state index contributed by atoms with van der Waals surface area (Å²) in [5.41, 5.74) is 4.66. The van der Waals surface area contributed by atoms with Gasteiger partial charge in [-0.3, -0.25) is 0 Å². The minimum absolute atomic E-state index is 0.696. The van der Waals surface area contributed by atoms with Crippen molar-refractivity contribution in [2.45, 2.75) is 77.7 Å². The summed E-state index contributed by atoms with van der Waals surface area (Å²) < 4.78 is 0. The van der Waals surface area contributed by atoms with Gasteiger partial charge in [-0.15, -0.1) is 0 Å². The van der Waals surface area contributed by atoms with Crippen LogP contribution in [0, 0.1) is 11.8 Å². The fourth-order valence-corrected chi connectivity index (χ4v) is 4.28. The summed E-state index contributed by atoms with van der Waals surface area (Å²) in [6.07, 6.45) is 12.2. The Morgan fingerprint density at radius 1 is 0.952 bits per heavy atom. The molecule has 1 aromatic rings. The van der Waals surface area contributed by atoms with E-state index in [1.807, 2.05) is 0 Å².